The molecule has 1 atom stereocenters. The molecule has 18 heavy (non-hydrogen) atoms. The maximum absolute atomic E-state index is 9.93. The minimum Gasteiger partial charge on any atom is -0.507 e. The number of aromatic hydroxyl groups is 1. The van der Waals surface area contributed by atoms with E-state index in [1.165, 1.54) is 0 Å². The molecular formula is C13H17N3O2. The van der Waals surface area contributed by atoms with Crippen molar-refractivity contribution in [2.45, 2.75) is 13.0 Å². The Bertz CT molecular complexity index is 537. The summed E-state index contributed by atoms with van der Waals surface area (Å²) in [6.07, 6.45) is 1.86. The van der Waals surface area contributed by atoms with Crippen LogP contribution in [-0.2, 0) is 7.05 Å². The van der Waals surface area contributed by atoms with Gasteiger partial charge in [0.1, 0.15) is 17.3 Å². The molecule has 2 N–H and O–H groups in total. The monoisotopic (exact) mass is 247 g/mol. The van der Waals surface area contributed by atoms with Crippen molar-refractivity contribution in [3.63, 3.8) is 0 Å². The third-order valence-electron chi connectivity index (χ3n) is 2.78. The van der Waals surface area contributed by atoms with Crippen LogP contribution in [0.25, 0.3) is 0 Å². The Morgan fingerprint density at radius 3 is 2.72 bits per heavy atom. The number of phenols is 1. The van der Waals surface area contributed by atoms with Crippen LogP contribution in [0.4, 0.5) is 5.82 Å². The Balaban J connectivity index is 2.15. The molecule has 96 valence electrons. The summed E-state index contributed by atoms with van der Waals surface area (Å²) in [7, 11) is 3.44. The zero-order chi connectivity index (χ0) is 13.1. The number of aromatic nitrogens is 2. The van der Waals surface area contributed by atoms with Gasteiger partial charge in [-0.3, -0.25) is 4.68 Å². The molecule has 0 amide bonds. The average molecular weight is 247 g/mol. The topological polar surface area (TPSA) is 59.3 Å². The third-order valence-corrected chi connectivity index (χ3v) is 2.78. The van der Waals surface area contributed by atoms with Crippen LogP contribution in [-0.4, -0.2) is 22.0 Å². The van der Waals surface area contributed by atoms with E-state index < -0.39 is 0 Å². The van der Waals surface area contributed by atoms with Gasteiger partial charge in [0.15, 0.2) is 0 Å². The minimum atomic E-state index is -0.0363. The molecule has 0 fully saturated rings. The van der Waals surface area contributed by atoms with E-state index in [0.29, 0.717) is 5.75 Å². The van der Waals surface area contributed by atoms with Crippen LogP contribution in [0.15, 0.2) is 30.5 Å². The van der Waals surface area contributed by atoms with Gasteiger partial charge in [-0.25, -0.2) is 0 Å². The number of anilines is 1. The van der Waals surface area contributed by atoms with Gasteiger partial charge in [-0.2, -0.15) is 5.10 Å². The van der Waals surface area contributed by atoms with Crippen LogP contribution in [0.2, 0.25) is 0 Å². The molecule has 1 heterocycles. The first-order valence-corrected chi connectivity index (χ1v) is 5.73. The van der Waals surface area contributed by atoms with Crippen molar-refractivity contribution < 1.29 is 9.84 Å². The van der Waals surface area contributed by atoms with Crippen molar-refractivity contribution in [1.29, 1.82) is 0 Å². The zero-order valence-corrected chi connectivity index (χ0v) is 10.7. The summed E-state index contributed by atoms with van der Waals surface area (Å²) in [6.45, 7) is 1.97. The van der Waals surface area contributed by atoms with E-state index in [9.17, 15) is 5.11 Å². The highest BCUT2D eigenvalue weighted by Crippen LogP contribution is 2.29. The van der Waals surface area contributed by atoms with Crippen LogP contribution in [0.5, 0.6) is 11.5 Å². The van der Waals surface area contributed by atoms with Crippen molar-refractivity contribution in [3.8, 4) is 11.5 Å². The Morgan fingerprint density at radius 2 is 2.17 bits per heavy atom. The predicted molar refractivity (Wildman–Crippen MR) is 69.9 cm³/mol. The first-order chi connectivity index (χ1) is 8.60. The lowest BCUT2D eigenvalue weighted by molar-refractivity contribution is 0.406. The summed E-state index contributed by atoms with van der Waals surface area (Å²) < 4.78 is 6.78. The number of hydrogen-bond acceptors (Lipinski definition) is 4. The molecule has 0 aliphatic carbocycles. The fourth-order valence-electron chi connectivity index (χ4n) is 1.81. The van der Waals surface area contributed by atoms with Gasteiger partial charge in [0, 0.05) is 30.9 Å². The number of methoxy groups -OCH3 is 1. The van der Waals surface area contributed by atoms with E-state index in [0.717, 1.165) is 11.4 Å². The van der Waals surface area contributed by atoms with Crippen molar-refractivity contribution >= 4 is 5.82 Å². The summed E-state index contributed by atoms with van der Waals surface area (Å²) in [5, 5.41) is 17.4. The molecule has 2 rings (SSSR count). The number of benzene rings is 1. The molecule has 1 aromatic carbocycles. The Labute approximate surface area is 106 Å². The lowest BCUT2D eigenvalue weighted by Gasteiger charge is -2.15. The van der Waals surface area contributed by atoms with E-state index in [1.54, 1.807) is 17.9 Å². The molecule has 1 aromatic heterocycles. The summed E-state index contributed by atoms with van der Waals surface area (Å²) in [5.74, 6) is 1.63. The van der Waals surface area contributed by atoms with E-state index in [-0.39, 0.29) is 11.8 Å². The lowest BCUT2D eigenvalue weighted by atomic mass is 10.1. The Hall–Kier alpha value is -2.17. The fourth-order valence-corrected chi connectivity index (χ4v) is 1.81. The molecule has 0 saturated carbocycles. The van der Waals surface area contributed by atoms with E-state index >= 15 is 0 Å². The molecule has 0 spiro atoms. The molecule has 5 nitrogen and oxygen atoms in total. The number of nitrogens with zero attached hydrogens (tertiary/aromatic N) is 2. The molecule has 0 aliphatic rings. The Kier molecular flexibility index (Phi) is 3.41. The predicted octanol–water partition coefficient (Wildman–Crippen LogP) is 2.31. The molecule has 1 unspecified atom stereocenters. The minimum absolute atomic E-state index is 0.0363. The van der Waals surface area contributed by atoms with Crippen molar-refractivity contribution in [3.05, 3.63) is 36.0 Å². The first kappa shape index (κ1) is 12.3. The number of hydrogen-bond donors (Lipinski definition) is 2. The number of aryl methyl sites for hydroxylation is 1. The van der Waals surface area contributed by atoms with Crippen molar-refractivity contribution in [1.82, 2.24) is 9.78 Å². The third kappa shape index (κ3) is 2.56. The number of phenolic OH excluding ortho intramolecular Hbond substituents is 1. The number of nitrogens with one attached hydrogen (secondary N) is 1. The number of rotatable bonds is 4. The fraction of sp³-hybridized carbons (Fsp3) is 0.308. The largest absolute Gasteiger partial charge is 0.507 e. The zero-order valence-electron chi connectivity index (χ0n) is 10.7. The number of ether oxygens (including phenoxy) is 1. The second kappa shape index (κ2) is 5.00. The molecule has 0 radical (unpaired) electrons. The summed E-state index contributed by atoms with van der Waals surface area (Å²) in [6, 6.07) is 7.12. The van der Waals surface area contributed by atoms with Gasteiger partial charge in [-0.15, -0.1) is 0 Å². The molecular weight excluding hydrogens is 230 g/mol. The van der Waals surface area contributed by atoms with Gasteiger partial charge < -0.3 is 15.2 Å². The summed E-state index contributed by atoms with van der Waals surface area (Å²) in [4.78, 5) is 0. The van der Waals surface area contributed by atoms with E-state index in [4.69, 9.17) is 4.74 Å². The van der Waals surface area contributed by atoms with Crippen LogP contribution in [0.1, 0.15) is 18.5 Å². The molecule has 0 bridgehead atoms. The standard InChI is InChI=1S/C13H17N3O2/c1-9(14-13-6-7-16(2)15-13)11-5-4-10(18-3)8-12(11)17/h4-9,17H,1-3H3,(H,14,15). The smallest absolute Gasteiger partial charge is 0.148 e. The molecule has 0 aliphatic heterocycles. The van der Waals surface area contributed by atoms with Crippen molar-refractivity contribution in [2.24, 2.45) is 7.05 Å². The SMILES string of the molecule is COc1ccc(C(C)Nc2ccn(C)n2)c(O)c1. The van der Waals surface area contributed by atoms with E-state index in [1.807, 2.05) is 38.4 Å². The normalized spacial score (nSPS) is 12.2. The maximum Gasteiger partial charge on any atom is 0.148 e. The molecule has 0 saturated heterocycles. The van der Waals surface area contributed by atoms with Gasteiger partial charge in [0.2, 0.25) is 0 Å². The highest BCUT2D eigenvalue weighted by Gasteiger charge is 2.12. The van der Waals surface area contributed by atoms with Gasteiger partial charge >= 0.3 is 0 Å². The highest BCUT2D eigenvalue weighted by atomic mass is 16.5. The van der Waals surface area contributed by atoms with Crippen LogP contribution in [0, 0.1) is 0 Å². The quantitative estimate of drug-likeness (QED) is 0.870. The highest BCUT2D eigenvalue weighted by molar-refractivity contribution is 5.45. The van der Waals surface area contributed by atoms with E-state index in [2.05, 4.69) is 10.4 Å². The molecule has 2 aromatic rings. The van der Waals surface area contributed by atoms with Gasteiger partial charge in [0.25, 0.3) is 0 Å². The molecule has 5 heteroatoms. The second-order valence-electron chi connectivity index (χ2n) is 4.17. The van der Waals surface area contributed by atoms with Gasteiger partial charge in [-0.1, -0.05) is 0 Å². The van der Waals surface area contributed by atoms with Gasteiger partial charge in [0.05, 0.1) is 13.2 Å². The van der Waals surface area contributed by atoms with Crippen LogP contribution >= 0.6 is 0 Å². The van der Waals surface area contributed by atoms with Crippen molar-refractivity contribution in [2.75, 3.05) is 12.4 Å². The summed E-state index contributed by atoms with van der Waals surface area (Å²) in [5.41, 5.74) is 0.807. The van der Waals surface area contributed by atoms with Crippen LogP contribution < -0.4 is 10.1 Å². The average Bonchev–Trinajstić information content (AvgIpc) is 2.74. The second-order valence-corrected chi connectivity index (χ2v) is 4.17. The first-order valence-electron chi connectivity index (χ1n) is 5.73. The Morgan fingerprint density at radius 1 is 1.39 bits per heavy atom. The lowest BCUT2D eigenvalue weighted by Crippen LogP contribution is -2.07. The van der Waals surface area contributed by atoms with Gasteiger partial charge in [-0.05, 0) is 19.1 Å². The summed E-state index contributed by atoms with van der Waals surface area (Å²) >= 11 is 0. The van der Waals surface area contributed by atoms with Crippen LogP contribution in [0.3, 0.4) is 0 Å². The maximum atomic E-state index is 9.93.